The van der Waals surface area contributed by atoms with E-state index in [2.05, 4.69) is 4.98 Å². The first-order valence-electron chi connectivity index (χ1n) is 7.50. The second kappa shape index (κ2) is 5.76. The molecule has 1 aromatic heterocycles. The number of carboxylic acid groups (broad SMARTS) is 1. The molecule has 0 radical (unpaired) electrons. The zero-order valence-corrected chi connectivity index (χ0v) is 11.9. The average Bonchev–Trinajstić information content (AvgIpc) is 3.16. The number of aromatic nitrogens is 1. The highest BCUT2D eigenvalue weighted by Gasteiger charge is 2.40. The van der Waals surface area contributed by atoms with E-state index >= 15 is 0 Å². The molecule has 3 unspecified atom stereocenters. The van der Waals surface area contributed by atoms with E-state index in [-0.39, 0.29) is 11.9 Å². The summed E-state index contributed by atoms with van der Waals surface area (Å²) in [6.45, 7) is 0.717. The lowest BCUT2D eigenvalue weighted by Gasteiger charge is -2.31. The van der Waals surface area contributed by atoms with Crippen molar-refractivity contribution in [3.63, 3.8) is 0 Å². The number of aromatic amines is 1. The third-order valence-electron chi connectivity index (χ3n) is 4.58. The summed E-state index contributed by atoms with van der Waals surface area (Å²) in [6.07, 6.45) is 8.55. The molecule has 3 rings (SSSR count). The van der Waals surface area contributed by atoms with Gasteiger partial charge < -0.3 is 15.0 Å². The van der Waals surface area contributed by atoms with Crippen LogP contribution in [0.15, 0.2) is 30.5 Å². The number of hydrogen-bond acceptors (Lipinski definition) is 2. The molecule has 0 aromatic carbocycles. The van der Waals surface area contributed by atoms with Gasteiger partial charge in [0.25, 0.3) is 0 Å². The molecule has 1 aromatic rings. The number of carbonyl (C=O) groups excluding carboxylic acids is 1. The van der Waals surface area contributed by atoms with Crippen molar-refractivity contribution in [1.29, 1.82) is 0 Å². The molecule has 5 nitrogen and oxygen atoms in total. The maximum Gasteiger partial charge on any atom is 0.307 e. The molecular formula is C16H20N2O3. The Morgan fingerprint density at radius 1 is 1.24 bits per heavy atom. The highest BCUT2D eigenvalue weighted by Crippen LogP contribution is 2.35. The summed E-state index contributed by atoms with van der Waals surface area (Å²) >= 11 is 0. The van der Waals surface area contributed by atoms with E-state index < -0.39 is 17.8 Å². The van der Waals surface area contributed by atoms with E-state index in [1.54, 1.807) is 0 Å². The smallest absolute Gasteiger partial charge is 0.307 e. The molecule has 1 aliphatic carbocycles. The van der Waals surface area contributed by atoms with Gasteiger partial charge in [0.2, 0.25) is 5.91 Å². The Bertz CT molecular complexity index is 550. The topological polar surface area (TPSA) is 73.4 Å². The van der Waals surface area contributed by atoms with Gasteiger partial charge in [-0.15, -0.1) is 0 Å². The van der Waals surface area contributed by atoms with Crippen LogP contribution in [-0.4, -0.2) is 33.4 Å². The molecule has 2 N–H and O–H groups in total. The van der Waals surface area contributed by atoms with E-state index in [1.165, 1.54) is 0 Å². The summed E-state index contributed by atoms with van der Waals surface area (Å²) < 4.78 is 0. The Balaban J connectivity index is 1.80. The van der Waals surface area contributed by atoms with Crippen LogP contribution in [0, 0.1) is 11.8 Å². The number of allylic oxidation sites excluding steroid dienone is 2. The standard InChI is InChI=1S/C16H20N2O3/c19-15(11-5-1-2-6-12(11)16(20)21)18-10-4-8-14(18)13-7-3-9-17-13/h1-3,7,9,11-12,14,17H,4-6,8,10H2,(H,20,21). The van der Waals surface area contributed by atoms with Crippen LogP contribution in [0.25, 0.3) is 0 Å². The fourth-order valence-corrected chi connectivity index (χ4v) is 3.48. The molecule has 0 bridgehead atoms. The van der Waals surface area contributed by atoms with Crippen molar-refractivity contribution in [2.24, 2.45) is 11.8 Å². The summed E-state index contributed by atoms with van der Waals surface area (Å²) in [7, 11) is 0. The molecular weight excluding hydrogens is 268 g/mol. The predicted molar refractivity (Wildman–Crippen MR) is 77.5 cm³/mol. The van der Waals surface area contributed by atoms with E-state index in [9.17, 15) is 14.7 Å². The molecule has 2 aliphatic rings. The number of hydrogen-bond donors (Lipinski definition) is 2. The van der Waals surface area contributed by atoms with E-state index in [0.29, 0.717) is 12.8 Å². The highest BCUT2D eigenvalue weighted by molar-refractivity contribution is 5.85. The summed E-state index contributed by atoms with van der Waals surface area (Å²) in [5, 5.41) is 9.34. The Morgan fingerprint density at radius 2 is 2.00 bits per heavy atom. The minimum Gasteiger partial charge on any atom is -0.481 e. The molecule has 3 atom stereocenters. The van der Waals surface area contributed by atoms with Crippen molar-refractivity contribution < 1.29 is 14.7 Å². The van der Waals surface area contributed by atoms with Crippen molar-refractivity contribution in [2.75, 3.05) is 6.54 Å². The quantitative estimate of drug-likeness (QED) is 0.838. The van der Waals surface area contributed by atoms with E-state index in [0.717, 1.165) is 25.1 Å². The SMILES string of the molecule is O=C(O)C1CC=CCC1C(=O)N1CCCC1c1ccc[nH]1. The second-order valence-corrected chi connectivity index (χ2v) is 5.81. The first-order valence-corrected chi connectivity index (χ1v) is 7.50. The Morgan fingerprint density at radius 3 is 2.67 bits per heavy atom. The first kappa shape index (κ1) is 13.9. The van der Waals surface area contributed by atoms with Crippen molar-refractivity contribution in [2.45, 2.75) is 31.7 Å². The third-order valence-corrected chi connectivity index (χ3v) is 4.58. The Labute approximate surface area is 123 Å². The lowest BCUT2D eigenvalue weighted by molar-refractivity contribution is -0.151. The number of carboxylic acids is 1. The predicted octanol–water partition coefficient (Wildman–Crippen LogP) is 2.35. The van der Waals surface area contributed by atoms with Gasteiger partial charge in [-0.3, -0.25) is 9.59 Å². The molecule has 112 valence electrons. The summed E-state index contributed by atoms with van der Waals surface area (Å²) in [5.74, 6) is -1.90. The summed E-state index contributed by atoms with van der Waals surface area (Å²) in [5.41, 5.74) is 1.04. The Hall–Kier alpha value is -2.04. The van der Waals surface area contributed by atoms with Crippen LogP contribution >= 0.6 is 0 Å². The molecule has 0 saturated carbocycles. The van der Waals surface area contributed by atoms with Crippen LogP contribution in [0.3, 0.4) is 0 Å². The van der Waals surface area contributed by atoms with Crippen molar-refractivity contribution in [1.82, 2.24) is 9.88 Å². The van der Waals surface area contributed by atoms with Crippen LogP contribution in [0.2, 0.25) is 0 Å². The van der Waals surface area contributed by atoms with Gasteiger partial charge >= 0.3 is 5.97 Å². The van der Waals surface area contributed by atoms with Gasteiger partial charge in [-0.2, -0.15) is 0 Å². The van der Waals surface area contributed by atoms with Gasteiger partial charge in [-0.05, 0) is 37.8 Å². The summed E-state index contributed by atoms with van der Waals surface area (Å²) in [4.78, 5) is 29.3. The van der Waals surface area contributed by atoms with Crippen LogP contribution < -0.4 is 0 Å². The number of nitrogens with zero attached hydrogens (tertiary/aromatic N) is 1. The molecule has 1 fully saturated rings. The molecule has 1 saturated heterocycles. The molecule has 1 aliphatic heterocycles. The molecule has 5 heteroatoms. The number of aliphatic carboxylic acids is 1. The van der Waals surface area contributed by atoms with Gasteiger partial charge in [0.05, 0.1) is 17.9 Å². The number of carbonyl (C=O) groups is 2. The van der Waals surface area contributed by atoms with Gasteiger partial charge in [0.15, 0.2) is 0 Å². The van der Waals surface area contributed by atoms with Crippen molar-refractivity contribution >= 4 is 11.9 Å². The largest absolute Gasteiger partial charge is 0.481 e. The fourth-order valence-electron chi connectivity index (χ4n) is 3.48. The Kier molecular flexibility index (Phi) is 3.82. The number of H-pyrrole nitrogens is 1. The number of rotatable bonds is 3. The lowest BCUT2D eigenvalue weighted by atomic mass is 9.82. The third kappa shape index (κ3) is 2.60. The van der Waals surface area contributed by atoms with Crippen LogP contribution in [0.5, 0.6) is 0 Å². The van der Waals surface area contributed by atoms with Crippen LogP contribution in [-0.2, 0) is 9.59 Å². The lowest BCUT2D eigenvalue weighted by Crippen LogP contribution is -2.41. The molecule has 0 spiro atoms. The molecule has 2 heterocycles. The first-order chi connectivity index (χ1) is 10.2. The number of nitrogens with one attached hydrogen (secondary N) is 1. The van der Waals surface area contributed by atoms with E-state index in [1.807, 2.05) is 35.4 Å². The van der Waals surface area contributed by atoms with Crippen LogP contribution in [0.4, 0.5) is 0 Å². The molecule has 1 amide bonds. The number of amides is 1. The maximum absolute atomic E-state index is 12.8. The second-order valence-electron chi connectivity index (χ2n) is 5.81. The monoisotopic (exact) mass is 288 g/mol. The minimum absolute atomic E-state index is 0.0103. The van der Waals surface area contributed by atoms with Gasteiger partial charge in [-0.25, -0.2) is 0 Å². The van der Waals surface area contributed by atoms with E-state index in [4.69, 9.17) is 0 Å². The van der Waals surface area contributed by atoms with Crippen LogP contribution in [0.1, 0.15) is 37.4 Å². The molecule has 21 heavy (non-hydrogen) atoms. The van der Waals surface area contributed by atoms with Gasteiger partial charge in [-0.1, -0.05) is 12.2 Å². The van der Waals surface area contributed by atoms with Gasteiger partial charge in [0.1, 0.15) is 0 Å². The highest BCUT2D eigenvalue weighted by atomic mass is 16.4. The van der Waals surface area contributed by atoms with Crippen molar-refractivity contribution in [3.05, 3.63) is 36.2 Å². The minimum atomic E-state index is -0.867. The van der Waals surface area contributed by atoms with Crippen molar-refractivity contribution in [3.8, 4) is 0 Å². The normalized spacial score (nSPS) is 28.8. The average molecular weight is 288 g/mol. The van der Waals surface area contributed by atoms with Gasteiger partial charge in [0, 0.05) is 18.4 Å². The zero-order chi connectivity index (χ0) is 14.8. The fraction of sp³-hybridized carbons (Fsp3) is 0.500. The summed E-state index contributed by atoms with van der Waals surface area (Å²) in [6, 6.07) is 3.98. The zero-order valence-electron chi connectivity index (χ0n) is 11.9. The maximum atomic E-state index is 12.8. The number of likely N-dealkylation sites (tertiary alicyclic amines) is 1.